The molecule has 6 heteroatoms. The zero-order valence-electron chi connectivity index (χ0n) is 16.3. The van der Waals surface area contributed by atoms with Crippen LogP contribution in [0.3, 0.4) is 0 Å². The van der Waals surface area contributed by atoms with Gasteiger partial charge in [0.2, 0.25) is 11.8 Å². The van der Waals surface area contributed by atoms with Crippen molar-refractivity contribution < 1.29 is 19.1 Å². The SMILES string of the molecule is COC[C@H](C)N1C[C@@H](C(=O)Nc2ccc(OCc3ccccc3)cc2)CC1=O. The number of benzene rings is 2. The lowest BCUT2D eigenvalue weighted by molar-refractivity contribution is -0.130. The summed E-state index contributed by atoms with van der Waals surface area (Å²) in [5, 5.41) is 2.89. The summed E-state index contributed by atoms with van der Waals surface area (Å²) in [6.07, 6.45) is 0.234. The Morgan fingerprint density at radius 1 is 1.18 bits per heavy atom. The molecule has 0 aromatic heterocycles. The summed E-state index contributed by atoms with van der Waals surface area (Å²) < 4.78 is 10.9. The third kappa shape index (κ3) is 5.10. The highest BCUT2D eigenvalue weighted by Gasteiger charge is 2.36. The van der Waals surface area contributed by atoms with Gasteiger partial charge in [0.05, 0.1) is 18.6 Å². The molecule has 0 radical (unpaired) electrons. The molecule has 1 fully saturated rings. The molecule has 0 unspecified atom stereocenters. The number of anilines is 1. The molecule has 1 saturated heterocycles. The highest BCUT2D eigenvalue weighted by Crippen LogP contribution is 2.23. The van der Waals surface area contributed by atoms with Crippen LogP contribution in [0.1, 0.15) is 18.9 Å². The van der Waals surface area contributed by atoms with Gasteiger partial charge in [-0.3, -0.25) is 9.59 Å². The molecule has 148 valence electrons. The molecule has 2 amide bonds. The number of hydrogen-bond acceptors (Lipinski definition) is 4. The zero-order chi connectivity index (χ0) is 19.9. The maximum absolute atomic E-state index is 12.5. The molecule has 28 heavy (non-hydrogen) atoms. The van der Waals surface area contributed by atoms with Crippen LogP contribution in [0.4, 0.5) is 5.69 Å². The van der Waals surface area contributed by atoms with E-state index in [1.54, 1.807) is 24.1 Å². The lowest BCUT2D eigenvalue weighted by atomic mass is 10.1. The van der Waals surface area contributed by atoms with Gasteiger partial charge < -0.3 is 19.7 Å². The van der Waals surface area contributed by atoms with Gasteiger partial charge in [0.25, 0.3) is 0 Å². The van der Waals surface area contributed by atoms with E-state index < -0.39 is 0 Å². The van der Waals surface area contributed by atoms with Gasteiger partial charge in [-0.2, -0.15) is 0 Å². The average Bonchev–Trinajstić information content (AvgIpc) is 3.10. The smallest absolute Gasteiger partial charge is 0.229 e. The minimum Gasteiger partial charge on any atom is -0.489 e. The topological polar surface area (TPSA) is 67.9 Å². The Kier molecular flexibility index (Phi) is 6.66. The maximum atomic E-state index is 12.5. The lowest BCUT2D eigenvalue weighted by Crippen LogP contribution is -2.38. The first-order valence-electron chi connectivity index (χ1n) is 9.43. The van der Waals surface area contributed by atoms with E-state index in [4.69, 9.17) is 9.47 Å². The van der Waals surface area contributed by atoms with E-state index in [-0.39, 0.29) is 30.2 Å². The third-order valence-corrected chi connectivity index (χ3v) is 4.84. The van der Waals surface area contributed by atoms with Gasteiger partial charge >= 0.3 is 0 Å². The molecule has 1 heterocycles. The summed E-state index contributed by atoms with van der Waals surface area (Å²) in [4.78, 5) is 26.4. The maximum Gasteiger partial charge on any atom is 0.229 e. The summed E-state index contributed by atoms with van der Waals surface area (Å²) in [5.41, 5.74) is 1.78. The molecule has 2 aromatic rings. The summed E-state index contributed by atoms with van der Waals surface area (Å²) in [6.45, 7) is 3.31. The Labute approximate surface area is 165 Å². The second-order valence-electron chi connectivity index (χ2n) is 7.04. The van der Waals surface area contributed by atoms with Gasteiger partial charge in [-0.1, -0.05) is 30.3 Å². The molecule has 2 atom stereocenters. The van der Waals surface area contributed by atoms with Crippen LogP contribution in [0.2, 0.25) is 0 Å². The number of methoxy groups -OCH3 is 1. The van der Waals surface area contributed by atoms with Crippen molar-refractivity contribution in [3.8, 4) is 5.75 Å². The second kappa shape index (κ2) is 9.37. The van der Waals surface area contributed by atoms with E-state index >= 15 is 0 Å². The number of amides is 2. The molecule has 1 N–H and O–H groups in total. The zero-order valence-corrected chi connectivity index (χ0v) is 16.3. The van der Waals surface area contributed by atoms with Gasteiger partial charge in [-0.25, -0.2) is 0 Å². The first-order chi connectivity index (χ1) is 13.6. The molecule has 0 bridgehead atoms. The van der Waals surface area contributed by atoms with Gasteiger partial charge in [0.15, 0.2) is 0 Å². The summed E-state index contributed by atoms with van der Waals surface area (Å²) in [5.74, 6) is 0.242. The molecule has 1 aliphatic rings. The first-order valence-corrected chi connectivity index (χ1v) is 9.43. The van der Waals surface area contributed by atoms with Crippen molar-refractivity contribution in [2.45, 2.75) is 26.0 Å². The van der Waals surface area contributed by atoms with Crippen molar-refractivity contribution >= 4 is 17.5 Å². The predicted molar refractivity (Wildman–Crippen MR) is 107 cm³/mol. The fraction of sp³-hybridized carbons (Fsp3) is 0.364. The molecular weight excluding hydrogens is 356 g/mol. The normalized spacial score (nSPS) is 17.4. The average molecular weight is 382 g/mol. The number of ether oxygens (including phenoxy) is 2. The van der Waals surface area contributed by atoms with Crippen LogP contribution < -0.4 is 10.1 Å². The van der Waals surface area contributed by atoms with Gasteiger partial charge in [-0.15, -0.1) is 0 Å². The van der Waals surface area contributed by atoms with E-state index in [1.807, 2.05) is 49.4 Å². The van der Waals surface area contributed by atoms with Crippen LogP contribution in [0.5, 0.6) is 5.75 Å². The lowest BCUT2D eigenvalue weighted by Gasteiger charge is -2.23. The molecular formula is C22H26N2O4. The largest absolute Gasteiger partial charge is 0.489 e. The van der Waals surface area contributed by atoms with Crippen molar-refractivity contribution in [2.24, 2.45) is 5.92 Å². The van der Waals surface area contributed by atoms with Crippen LogP contribution in [0, 0.1) is 5.92 Å². The van der Waals surface area contributed by atoms with E-state index in [9.17, 15) is 9.59 Å². The predicted octanol–water partition coefficient (Wildman–Crippen LogP) is 3.09. The summed E-state index contributed by atoms with van der Waals surface area (Å²) in [7, 11) is 1.61. The number of hydrogen-bond donors (Lipinski definition) is 1. The summed E-state index contributed by atoms with van der Waals surface area (Å²) in [6, 6.07) is 17.2. The van der Waals surface area contributed by atoms with Gasteiger partial charge in [0, 0.05) is 25.8 Å². The highest BCUT2D eigenvalue weighted by atomic mass is 16.5. The van der Waals surface area contributed by atoms with Crippen LogP contribution >= 0.6 is 0 Å². The van der Waals surface area contributed by atoms with Crippen molar-refractivity contribution in [1.82, 2.24) is 4.90 Å². The number of likely N-dealkylation sites (tertiary alicyclic amines) is 1. The number of carbonyl (C=O) groups excluding carboxylic acids is 2. The molecule has 1 aliphatic heterocycles. The van der Waals surface area contributed by atoms with Crippen molar-refractivity contribution in [3.63, 3.8) is 0 Å². The quantitative estimate of drug-likeness (QED) is 0.762. The number of carbonyl (C=O) groups is 2. The number of nitrogens with zero attached hydrogens (tertiary/aromatic N) is 1. The minimum absolute atomic E-state index is 0.00522. The standard InChI is InChI=1S/C22H26N2O4/c1-16(14-27-2)24-13-18(12-21(24)25)22(26)23-19-8-10-20(11-9-19)28-15-17-6-4-3-5-7-17/h3-11,16,18H,12-15H2,1-2H3,(H,23,26)/t16-,18-/m0/s1. The van der Waals surface area contributed by atoms with Gasteiger partial charge in [-0.05, 0) is 36.8 Å². The van der Waals surface area contributed by atoms with Crippen molar-refractivity contribution in [3.05, 3.63) is 60.2 Å². The third-order valence-electron chi connectivity index (χ3n) is 4.84. The highest BCUT2D eigenvalue weighted by molar-refractivity contribution is 5.97. The van der Waals surface area contributed by atoms with Gasteiger partial charge in [0.1, 0.15) is 12.4 Å². The van der Waals surface area contributed by atoms with Crippen LogP contribution in [0.15, 0.2) is 54.6 Å². The van der Waals surface area contributed by atoms with E-state index in [0.29, 0.717) is 25.4 Å². The fourth-order valence-electron chi connectivity index (χ4n) is 3.28. The Bertz CT molecular complexity index is 792. The molecule has 6 nitrogen and oxygen atoms in total. The van der Waals surface area contributed by atoms with E-state index in [2.05, 4.69) is 5.32 Å². The molecule has 3 rings (SSSR count). The van der Waals surface area contributed by atoms with E-state index in [1.165, 1.54) is 0 Å². The first kappa shape index (κ1) is 19.9. The van der Waals surface area contributed by atoms with Crippen LogP contribution in [0.25, 0.3) is 0 Å². The Morgan fingerprint density at radius 3 is 2.57 bits per heavy atom. The van der Waals surface area contributed by atoms with Crippen LogP contribution in [-0.2, 0) is 20.9 Å². The number of nitrogens with one attached hydrogen (secondary N) is 1. The Morgan fingerprint density at radius 2 is 1.89 bits per heavy atom. The molecule has 0 saturated carbocycles. The fourth-order valence-corrected chi connectivity index (χ4v) is 3.28. The molecule has 0 spiro atoms. The second-order valence-corrected chi connectivity index (χ2v) is 7.04. The molecule has 2 aromatic carbocycles. The van der Waals surface area contributed by atoms with E-state index in [0.717, 1.165) is 11.3 Å². The van der Waals surface area contributed by atoms with Crippen molar-refractivity contribution in [1.29, 1.82) is 0 Å². The van der Waals surface area contributed by atoms with Crippen LogP contribution in [-0.4, -0.2) is 43.0 Å². The number of rotatable bonds is 8. The minimum atomic E-state index is -0.346. The summed E-state index contributed by atoms with van der Waals surface area (Å²) >= 11 is 0. The molecule has 0 aliphatic carbocycles. The Balaban J connectivity index is 1.51. The Hall–Kier alpha value is -2.86. The monoisotopic (exact) mass is 382 g/mol. The van der Waals surface area contributed by atoms with Crippen molar-refractivity contribution in [2.75, 3.05) is 25.6 Å².